The van der Waals surface area contributed by atoms with Crippen LogP contribution in [-0.4, -0.2) is 28.6 Å². The first-order valence-corrected chi connectivity index (χ1v) is 6.43. The molecular formula is C14H11ClFN3O2. The third-order valence-electron chi connectivity index (χ3n) is 3.02. The number of rotatable bonds is 3. The molecule has 0 fully saturated rings. The fourth-order valence-corrected chi connectivity index (χ4v) is 2.15. The van der Waals surface area contributed by atoms with Gasteiger partial charge in [0.25, 0.3) is 0 Å². The van der Waals surface area contributed by atoms with Gasteiger partial charge < -0.3 is 9.47 Å². The zero-order valence-corrected chi connectivity index (χ0v) is 12.1. The van der Waals surface area contributed by atoms with E-state index in [1.165, 1.54) is 19.2 Å². The number of nitrogens with zero attached hydrogens (tertiary/aromatic N) is 3. The summed E-state index contributed by atoms with van der Waals surface area (Å²) >= 11 is 5.80. The van der Waals surface area contributed by atoms with Crippen molar-refractivity contribution in [1.29, 1.82) is 0 Å². The van der Waals surface area contributed by atoms with Gasteiger partial charge in [0.05, 0.1) is 31.0 Å². The lowest BCUT2D eigenvalue weighted by Crippen LogP contribution is -1.97. The Bertz CT molecular complexity index is 819. The molecule has 0 spiro atoms. The number of hydrogen-bond acceptors (Lipinski definition) is 4. The fraction of sp³-hybridized carbons (Fsp3) is 0.143. The van der Waals surface area contributed by atoms with Crippen molar-refractivity contribution in [2.75, 3.05) is 14.2 Å². The van der Waals surface area contributed by atoms with Crippen molar-refractivity contribution in [3.63, 3.8) is 0 Å². The first kappa shape index (κ1) is 13.6. The van der Waals surface area contributed by atoms with Crippen LogP contribution >= 0.6 is 11.6 Å². The SMILES string of the molecule is COc1cc(OC)n2cc(-c3ccc(F)c(Cl)c3)nc2n1. The van der Waals surface area contributed by atoms with Gasteiger partial charge in [0, 0.05) is 11.8 Å². The van der Waals surface area contributed by atoms with E-state index in [9.17, 15) is 4.39 Å². The molecule has 108 valence electrons. The maximum Gasteiger partial charge on any atom is 0.240 e. The summed E-state index contributed by atoms with van der Waals surface area (Å²) in [5, 5.41) is 0.0436. The van der Waals surface area contributed by atoms with E-state index in [2.05, 4.69) is 9.97 Å². The molecular weight excluding hydrogens is 297 g/mol. The van der Waals surface area contributed by atoms with Gasteiger partial charge in [-0.3, -0.25) is 4.40 Å². The molecule has 0 N–H and O–H groups in total. The molecule has 2 aromatic heterocycles. The van der Waals surface area contributed by atoms with Crippen LogP contribution in [0.1, 0.15) is 0 Å². The summed E-state index contributed by atoms with van der Waals surface area (Å²) in [7, 11) is 3.06. The summed E-state index contributed by atoms with van der Waals surface area (Å²) in [6, 6.07) is 6.07. The second kappa shape index (κ2) is 5.21. The highest BCUT2D eigenvalue weighted by molar-refractivity contribution is 6.31. The van der Waals surface area contributed by atoms with Gasteiger partial charge in [0.2, 0.25) is 17.5 Å². The predicted molar refractivity (Wildman–Crippen MR) is 76.5 cm³/mol. The van der Waals surface area contributed by atoms with E-state index in [1.54, 1.807) is 29.8 Å². The number of halogens is 2. The van der Waals surface area contributed by atoms with Crippen LogP contribution in [-0.2, 0) is 0 Å². The van der Waals surface area contributed by atoms with Crippen molar-refractivity contribution in [3.8, 4) is 23.0 Å². The first-order chi connectivity index (χ1) is 10.1. The summed E-state index contributed by atoms with van der Waals surface area (Å²) in [4.78, 5) is 8.61. The third kappa shape index (κ3) is 2.38. The average molecular weight is 308 g/mol. The minimum Gasteiger partial charge on any atom is -0.482 e. The number of imidazole rings is 1. The average Bonchev–Trinajstić information content (AvgIpc) is 2.92. The van der Waals surface area contributed by atoms with Crippen LogP contribution in [0.25, 0.3) is 17.0 Å². The Morgan fingerprint density at radius 2 is 1.95 bits per heavy atom. The number of methoxy groups -OCH3 is 2. The van der Waals surface area contributed by atoms with Crippen LogP contribution in [0, 0.1) is 5.82 Å². The maximum absolute atomic E-state index is 13.2. The largest absolute Gasteiger partial charge is 0.482 e. The molecule has 0 aliphatic heterocycles. The third-order valence-corrected chi connectivity index (χ3v) is 3.31. The Hall–Kier alpha value is -2.34. The van der Waals surface area contributed by atoms with E-state index >= 15 is 0 Å². The van der Waals surface area contributed by atoms with E-state index in [1.807, 2.05) is 0 Å². The van der Waals surface area contributed by atoms with Gasteiger partial charge in [0.15, 0.2) is 0 Å². The van der Waals surface area contributed by atoms with Gasteiger partial charge >= 0.3 is 0 Å². The summed E-state index contributed by atoms with van der Waals surface area (Å²) < 4.78 is 25.3. The second-order valence-corrected chi connectivity index (χ2v) is 4.67. The van der Waals surface area contributed by atoms with Gasteiger partial charge in [-0.25, -0.2) is 9.37 Å². The molecule has 0 aliphatic carbocycles. The van der Waals surface area contributed by atoms with Gasteiger partial charge in [0.1, 0.15) is 5.82 Å². The Kier molecular flexibility index (Phi) is 3.39. The molecule has 21 heavy (non-hydrogen) atoms. The fourth-order valence-electron chi connectivity index (χ4n) is 1.97. The van der Waals surface area contributed by atoms with E-state index in [4.69, 9.17) is 21.1 Å². The standard InChI is InChI=1S/C14H11ClFN3O2/c1-20-12-6-13(21-2)19-7-11(17-14(19)18-12)8-3-4-10(16)9(15)5-8/h3-7H,1-2H3. The van der Waals surface area contributed by atoms with Crippen LogP contribution in [0.4, 0.5) is 4.39 Å². The molecule has 0 atom stereocenters. The summed E-state index contributed by atoms with van der Waals surface area (Å²) in [5.74, 6) is 0.876. The smallest absolute Gasteiger partial charge is 0.240 e. The predicted octanol–water partition coefficient (Wildman–Crippen LogP) is 3.21. The molecule has 5 nitrogen and oxygen atoms in total. The summed E-state index contributed by atoms with van der Waals surface area (Å²) in [6.45, 7) is 0. The Balaban J connectivity index is 2.18. The number of ether oxygens (including phenoxy) is 2. The molecule has 0 saturated carbocycles. The van der Waals surface area contributed by atoms with Crippen LogP contribution in [0.2, 0.25) is 5.02 Å². The Morgan fingerprint density at radius 1 is 1.14 bits per heavy atom. The zero-order valence-electron chi connectivity index (χ0n) is 11.3. The minimum atomic E-state index is -0.471. The van der Waals surface area contributed by atoms with Crippen molar-refractivity contribution in [1.82, 2.24) is 14.4 Å². The molecule has 0 saturated heterocycles. The molecule has 3 aromatic rings. The van der Waals surface area contributed by atoms with Gasteiger partial charge in [-0.2, -0.15) is 4.98 Å². The first-order valence-electron chi connectivity index (χ1n) is 6.06. The number of benzene rings is 1. The maximum atomic E-state index is 13.2. The second-order valence-electron chi connectivity index (χ2n) is 4.27. The van der Waals surface area contributed by atoms with Crippen molar-refractivity contribution < 1.29 is 13.9 Å². The van der Waals surface area contributed by atoms with Crippen molar-refractivity contribution in [3.05, 3.63) is 41.3 Å². The van der Waals surface area contributed by atoms with Crippen molar-refractivity contribution in [2.24, 2.45) is 0 Å². The molecule has 2 heterocycles. The lowest BCUT2D eigenvalue weighted by molar-refractivity contribution is 0.369. The van der Waals surface area contributed by atoms with Gasteiger partial charge in [-0.15, -0.1) is 0 Å². The molecule has 1 aromatic carbocycles. The highest BCUT2D eigenvalue weighted by Gasteiger charge is 2.12. The van der Waals surface area contributed by atoms with Crippen LogP contribution in [0.3, 0.4) is 0 Å². The molecule has 7 heteroatoms. The van der Waals surface area contributed by atoms with E-state index in [-0.39, 0.29) is 5.02 Å². The highest BCUT2D eigenvalue weighted by atomic mass is 35.5. The molecule has 3 rings (SSSR count). The van der Waals surface area contributed by atoms with Crippen LogP contribution < -0.4 is 9.47 Å². The zero-order chi connectivity index (χ0) is 15.0. The monoisotopic (exact) mass is 307 g/mol. The quantitative estimate of drug-likeness (QED) is 0.745. The Labute approximate surface area is 124 Å². The highest BCUT2D eigenvalue weighted by Crippen LogP contribution is 2.27. The van der Waals surface area contributed by atoms with E-state index in [0.717, 1.165) is 0 Å². The van der Waals surface area contributed by atoms with Gasteiger partial charge in [-0.05, 0) is 18.2 Å². The van der Waals surface area contributed by atoms with Crippen molar-refractivity contribution >= 4 is 17.4 Å². The number of hydrogen-bond donors (Lipinski definition) is 0. The summed E-state index contributed by atoms with van der Waals surface area (Å²) in [6.07, 6.45) is 1.74. The number of fused-ring (bicyclic) bond motifs is 1. The Morgan fingerprint density at radius 3 is 2.62 bits per heavy atom. The minimum absolute atomic E-state index is 0.0436. The van der Waals surface area contributed by atoms with E-state index in [0.29, 0.717) is 28.8 Å². The normalized spacial score (nSPS) is 10.9. The molecule has 0 bridgehead atoms. The van der Waals surface area contributed by atoms with Crippen LogP contribution in [0.5, 0.6) is 11.8 Å². The van der Waals surface area contributed by atoms with Gasteiger partial charge in [-0.1, -0.05) is 11.6 Å². The summed E-state index contributed by atoms with van der Waals surface area (Å²) in [5.41, 5.74) is 1.30. The van der Waals surface area contributed by atoms with Crippen molar-refractivity contribution in [2.45, 2.75) is 0 Å². The lowest BCUT2D eigenvalue weighted by Gasteiger charge is -2.04. The molecule has 0 aliphatic rings. The lowest BCUT2D eigenvalue weighted by atomic mass is 10.2. The van der Waals surface area contributed by atoms with E-state index < -0.39 is 5.82 Å². The number of aromatic nitrogens is 3. The molecule has 0 amide bonds. The topological polar surface area (TPSA) is 48.7 Å². The molecule has 0 radical (unpaired) electrons. The molecule has 0 unspecified atom stereocenters. The van der Waals surface area contributed by atoms with Crippen LogP contribution in [0.15, 0.2) is 30.5 Å².